The summed E-state index contributed by atoms with van der Waals surface area (Å²) in [6.07, 6.45) is 1.18. The fourth-order valence-corrected chi connectivity index (χ4v) is 3.67. The maximum Gasteiger partial charge on any atom is 0.319 e. The molecule has 1 N–H and O–H groups in total. The molecule has 1 heterocycles. The largest absolute Gasteiger partial charge is 0.333 e. The van der Waals surface area contributed by atoms with E-state index in [0.717, 1.165) is 0 Å². The Labute approximate surface area is 175 Å². The Morgan fingerprint density at radius 2 is 1.71 bits per heavy atom. The number of likely N-dealkylation sites (N-methyl/N-ethyl adjacent to an activating group) is 1. The van der Waals surface area contributed by atoms with Gasteiger partial charge in [-0.25, -0.2) is 4.79 Å². The highest BCUT2D eigenvalue weighted by atomic mass is 35.5. The van der Waals surface area contributed by atoms with E-state index >= 15 is 0 Å². The number of para-hydroxylation sites is 1. The van der Waals surface area contributed by atoms with Crippen molar-refractivity contribution in [3.05, 3.63) is 28.2 Å². The number of halogens is 2. The zero-order valence-corrected chi connectivity index (χ0v) is 17.9. The number of amides is 4. The Kier molecular flexibility index (Phi) is 7.95. The van der Waals surface area contributed by atoms with Gasteiger partial charge in [-0.3, -0.25) is 9.59 Å². The maximum atomic E-state index is 12.8. The highest BCUT2D eigenvalue weighted by Crippen LogP contribution is 2.29. The van der Waals surface area contributed by atoms with Gasteiger partial charge in [0.15, 0.2) is 0 Å². The standard InChI is InChI=1S/C19H26Cl2N4O3/c1-4-24(12-16(26)22-17-14(20)6-5-7-15(17)21)18(27)13-8-10-25(11-9-13)19(28)23(2)3/h5-7,13H,4,8-12H2,1-3H3,(H,22,26). The molecule has 2 rings (SSSR count). The van der Waals surface area contributed by atoms with Gasteiger partial charge in [-0.1, -0.05) is 29.3 Å². The molecule has 0 spiro atoms. The molecule has 28 heavy (non-hydrogen) atoms. The van der Waals surface area contributed by atoms with Crippen LogP contribution in [0.25, 0.3) is 0 Å². The third-order valence-electron chi connectivity index (χ3n) is 4.75. The lowest BCUT2D eigenvalue weighted by molar-refractivity contribution is -0.139. The highest BCUT2D eigenvalue weighted by molar-refractivity contribution is 6.39. The first-order valence-corrected chi connectivity index (χ1v) is 9.99. The number of piperidine rings is 1. The number of hydrogen-bond donors (Lipinski definition) is 1. The quantitative estimate of drug-likeness (QED) is 0.782. The van der Waals surface area contributed by atoms with Crippen molar-refractivity contribution in [3.8, 4) is 0 Å². The molecular weight excluding hydrogens is 403 g/mol. The fraction of sp³-hybridized carbons (Fsp3) is 0.526. The summed E-state index contributed by atoms with van der Waals surface area (Å²) in [4.78, 5) is 42.1. The lowest BCUT2D eigenvalue weighted by Crippen LogP contribution is -2.48. The first-order valence-electron chi connectivity index (χ1n) is 9.23. The number of likely N-dealkylation sites (tertiary alicyclic amines) is 1. The minimum Gasteiger partial charge on any atom is -0.333 e. The van der Waals surface area contributed by atoms with Crippen LogP contribution in [0.4, 0.5) is 10.5 Å². The molecule has 1 aliphatic rings. The van der Waals surface area contributed by atoms with Gasteiger partial charge >= 0.3 is 6.03 Å². The van der Waals surface area contributed by atoms with E-state index in [-0.39, 0.29) is 30.3 Å². The van der Waals surface area contributed by atoms with Crippen LogP contribution in [0.1, 0.15) is 19.8 Å². The first-order chi connectivity index (χ1) is 13.2. The van der Waals surface area contributed by atoms with Gasteiger partial charge in [-0.05, 0) is 31.9 Å². The van der Waals surface area contributed by atoms with Gasteiger partial charge in [0.05, 0.1) is 22.3 Å². The number of carbonyl (C=O) groups is 3. The second-order valence-electron chi connectivity index (χ2n) is 6.94. The number of benzene rings is 1. The van der Waals surface area contributed by atoms with Crippen molar-refractivity contribution in [2.24, 2.45) is 5.92 Å². The second-order valence-corrected chi connectivity index (χ2v) is 7.75. The second kappa shape index (κ2) is 9.98. The third kappa shape index (κ3) is 5.52. The summed E-state index contributed by atoms with van der Waals surface area (Å²) >= 11 is 12.1. The lowest BCUT2D eigenvalue weighted by Gasteiger charge is -2.35. The lowest BCUT2D eigenvalue weighted by atomic mass is 9.95. The molecule has 0 unspecified atom stereocenters. The molecule has 1 aromatic rings. The van der Waals surface area contributed by atoms with E-state index in [2.05, 4.69) is 5.32 Å². The molecule has 0 atom stereocenters. The topological polar surface area (TPSA) is 73.0 Å². The van der Waals surface area contributed by atoms with E-state index < -0.39 is 0 Å². The minimum atomic E-state index is -0.356. The average Bonchev–Trinajstić information content (AvgIpc) is 2.68. The van der Waals surface area contributed by atoms with Crippen molar-refractivity contribution in [3.63, 3.8) is 0 Å². The van der Waals surface area contributed by atoms with Crippen molar-refractivity contribution < 1.29 is 14.4 Å². The van der Waals surface area contributed by atoms with E-state index in [0.29, 0.717) is 48.2 Å². The van der Waals surface area contributed by atoms with E-state index in [4.69, 9.17) is 23.2 Å². The maximum absolute atomic E-state index is 12.8. The summed E-state index contributed by atoms with van der Waals surface area (Å²) in [5.74, 6) is -0.617. The van der Waals surface area contributed by atoms with Gasteiger partial charge in [-0.2, -0.15) is 0 Å². The summed E-state index contributed by atoms with van der Waals surface area (Å²) < 4.78 is 0. The molecule has 4 amide bonds. The Hall–Kier alpha value is -1.99. The van der Waals surface area contributed by atoms with Gasteiger partial charge in [0.25, 0.3) is 0 Å². The predicted molar refractivity (Wildman–Crippen MR) is 111 cm³/mol. The predicted octanol–water partition coefficient (Wildman–Crippen LogP) is 3.17. The zero-order valence-electron chi connectivity index (χ0n) is 16.4. The first kappa shape index (κ1) is 22.3. The fourth-order valence-electron chi connectivity index (χ4n) is 3.17. The van der Waals surface area contributed by atoms with E-state index in [1.165, 1.54) is 9.80 Å². The number of urea groups is 1. The molecule has 0 bridgehead atoms. The van der Waals surface area contributed by atoms with Crippen LogP contribution in [-0.4, -0.2) is 72.8 Å². The monoisotopic (exact) mass is 428 g/mol. The summed E-state index contributed by atoms with van der Waals surface area (Å²) in [7, 11) is 3.42. The number of nitrogens with one attached hydrogen (secondary N) is 1. The van der Waals surface area contributed by atoms with Crippen LogP contribution in [0.15, 0.2) is 18.2 Å². The third-order valence-corrected chi connectivity index (χ3v) is 5.38. The van der Waals surface area contributed by atoms with E-state index in [9.17, 15) is 14.4 Å². The van der Waals surface area contributed by atoms with Crippen LogP contribution in [0, 0.1) is 5.92 Å². The van der Waals surface area contributed by atoms with Gasteiger partial charge < -0.3 is 20.0 Å². The van der Waals surface area contributed by atoms with Crippen molar-refractivity contribution >= 4 is 46.7 Å². The Morgan fingerprint density at radius 3 is 2.21 bits per heavy atom. The molecule has 0 saturated carbocycles. The minimum absolute atomic E-state index is 0.0470. The summed E-state index contributed by atoms with van der Waals surface area (Å²) in [5, 5.41) is 3.36. The molecule has 0 aromatic heterocycles. The Morgan fingerprint density at radius 1 is 1.14 bits per heavy atom. The molecule has 1 fully saturated rings. The van der Waals surface area contributed by atoms with Crippen LogP contribution in [0.2, 0.25) is 10.0 Å². The summed E-state index contributed by atoms with van der Waals surface area (Å²) in [6, 6.07) is 4.91. The molecule has 0 aliphatic carbocycles. The summed E-state index contributed by atoms with van der Waals surface area (Å²) in [6.45, 7) is 3.24. The number of hydrogen-bond acceptors (Lipinski definition) is 3. The molecule has 1 aliphatic heterocycles. The van der Waals surface area contributed by atoms with Crippen LogP contribution < -0.4 is 5.32 Å². The smallest absolute Gasteiger partial charge is 0.319 e. The zero-order chi connectivity index (χ0) is 20.8. The van der Waals surface area contributed by atoms with E-state index in [1.807, 2.05) is 6.92 Å². The van der Waals surface area contributed by atoms with E-state index in [1.54, 1.807) is 37.2 Å². The summed E-state index contributed by atoms with van der Waals surface area (Å²) in [5.41, 5.74) is 0.342. The van der Waals surface area contributed by atoms with Crippen LogP contribution in [-0.2, 0) is 9.59 Å². The van der Waals surface area contributed by atoms with Crippen molar-refractivity contribution in [1.29, 1.82) is 0 Å². The van der Waals surface area contributed by atoms with Gasteiger partial charge in [-0.15, -0.1) is 0 Å². The van der Waals surface area contributed by atoms with Crippen LogP contribution in [0.5, 0.6) is 0 Å². The molecule has 7 nitrogen and oxygen atoms in total. The normalized spacial score (nSPS) is 14.5. The van der Waals surface area contributed by atoms with Crippen LogP contribution in [0.3, 0.4) is 0 Å². The Bertz CT molecular complexity index is 714. The SMILES string of the molecule is CCN(CC(=O)Nc1c(Cl)cccc1Cl)C(=O)C1CCN(C(=O)N(C)C)CC1. The van der Waals surface area contributed by atoms with Gasteiger partial charge in [0.2, 0.25) is 11.8 Å². The van der Waals surface area contributed by atoms with Crippen molar-refractivity contribution in [2.45, 2.75) is 19.8 Å². The molecule has 1 saturated heterocycles. The van der Waals surface area contributed by atoms with Crippen molar-refractivity contribution in [1.82, 2.24) is 14.7 Å². The molecule has 9 heteroatoms. The average molecular weight is 429 g/mol. The van der Waals surface area contributed by atoms with Crippen LogP contribution >= 0.6 is 23.2 Å². The highest BCUT2D eigenvalue weighted by Gasteiger charge is 2.31. The Balaban J connectivity index is 1.93. The van der Waals surface area contributed by atoms with Gasteiger partial charge in [0.1, 0.15) is 0 Å². The van der Waals surface area contributed by atoms with Gasteiger partial charge in [0, 0.05) is 39.6 Å². The molecule has 0 radical (unpaired) electrons. The number of nitrogens with zero attached hydrogens (tertiary/aromatic N) is 3. The molecular formula is C19H26Cl2N4O3. The molecule has 1 aromatic carbocycles. The number of carbonyl (C=O) groups excluding carboxylic acids is 3. The molecule has 154 valence electrons. The number of rotatable bonds is 5. The van der Waals surface area contributed by atoms with Crippen molar-refractivity contribution in [2.75, 3.05) is 45.6 Å². The number of anilines is 1.